The molecule has 30 heavy (non-hydrogen) atoms. The Hall–Kier alpha value is -2.86. The van der Waals surface area contributed by atoms with Crippen molar-refractivity contribution in [2.45, 2.75) is 6.61 Å². The monoisotopic (exact) mass is 453 g/mol. The van der Waals surface area contributed by atoms with Gasteiger partial charge in [-0.15, -0.1) is 11.3 Å². The molecule has 0 amide bonds. The van der Waals surface area contributed by atoms with Crippen molar-refractivity contribution in [1.82, 2.24) is 4.98 Å². The predicted molar refractivity (Wildman–Crippen MR) is 126 cm³/mol. The summed E-state index contributed by atoms with van der Waals surface area (Å²) in [5, 5.41) is 8.07. The first-order valence-corrected chi connectivity index (χ1v) is 10.8. The molecule has 7 heteroatoms. The number of hydrogen-bond donors (Lipinski definition) is 1. The molecule has 0 unspecified atom stereocenters. The second-order valence-corrected chi connectivity index (χ2v) is 8.06. The number of nitrogens with zero attached hydrogens (tertiary/aromatic N) is 2. The minimum Gasteiger partial charge on any atom is -0.489 e. The van der Waals surface area contributed by atoms with Crippen molar-refractivity contribution >= 4 is 45.9 Å². The third-order valence-corrected chi connectivity index (χ3v) is 5.68. The van der Waals surface area contributed by atoms with Gasteiger partial charge < -0.3 is 4.74 Å². The van der Waals surface area contributed by atoms with Crippen LogP contribution in [-0.4, -0.2) is 11.2 Å². The molecular formula is C23H17Cl2N3OS. The number of anilines is 1. The topological polar surface area (TPSA) is 46.5 Å². The van der Waals surface area contributed by atoms with Crippen LogP contribution < -0.4 is 10.2 Å². The zero-order chi connectivity index (χ0) is 20.8. The van der Waals surface area contributed by atoms with Gasteiger partial charge in [0.15, 0.2) is 0 Å². The van der Waals surface area contributed by atoms with Gasteiger partial charge in [0.2, 0.25) is 5.13 Å². The van der Waals surface area contributed by atoms with E-state index in [0.717, 1.165) is 33.3 Å². The van der Waals surface area contributed by atoms with Gasteiger partial charge >= 0.3 is 0 Å². The molecule has 0 radical (unpaired) electrons. The Morgan fingerprint density at radius 3 is 2.67 bits per heavy atom. The van der Waals surface area contributed by atoms with E-state index in [4.69, 9.17) is 27.9 Å². The molecule has 1 heterocycles. The molecular weight excluding hydrogens is 437 g/mol. The van der Waals surface area contributed by atoms with Gasteiger partial charge in [0.05, 0.1) is 22.0 Å². The second-order valence-electron chi connectivity index (χ2n) is 6.38. The van der Waals surface area contributed by atoms with Crippen LogP contribution in [0.5, 0.6) is 5.75 Å². The lowest BCUT2D eigenvalue weighted by Crippen LogP contribution is -1.96. The van der Waals surface area contributed by atoms with Crippen LogP contribution in [0.25, 0.3) is 11.3 Å². The Kier molecular flexibility index (Phi) is 6.64. The van der Waals surface area contributed by atoms with E-state index in [1.54, 1.807) is 18.3 Å². The minimum atomic E-state index is 0.400. The maximum Gasteiger partial charge on any atom is 0.203 e. The average Bonchev–Trinajstić information content (AvgIpc) is 3.24. The lowest BCUT2D eigenvalue weighted by Gasteiger charge is -2.07. The van der Waals surface area contributed by atoms with Crippen molar-refractivity contribution in [3.8, 4) is 17.0 Å². The zero-order valence-electron chi connectivity index (χ0n) is 15.8. The number of ether oxygens (including phenoxy) is 1. The molecule has 0 fully saturated rings. The van der Waals surface area contributed by atoms with Crippen molar-refractivity contribution in [2.24, 2.45) is 5.10 Å². The number of benzene rings is 3. The maximum absolute atomic E-state index is 6.05. The van der Waals surface area contributed by atoms with E-state index in [9.17, 15) is 0 Å². The van der Waals surface area contributed by atoms with E-state index < -0.39 is 0 Å². The van der Waals surface area contributed by atoms with Crippen LogP contribution >= 0.6 is 34.5 Å². The standard InChI is InChI=1S/C23H17Cl2N3OS/c24-20-10-9-17(12-21(20)25)14-29-19-8-4-5-16(11-19)13-26-28-23-27-22(15-30-23)18-6-2-1-3-7-18/h1-13,15H,14H2,(H,27,28)/b26-13-. The van der Waals surface area contributed by atoms with Crippen molar-refractivity contribution < 1.29 is 4.74 Å². The van der Waals surface area contributed by atoms with Crippen LogP contribution in [-0.2, 0) is 6.61 Å². The Labute approximate surface area is 188 Å². The van der Waals surface area contributed by atoms with Gasteiger partial charge in [0.1, 0.15) is 12.4 Å². The molecule has 1 N–H and O–H groups in total. The molecule has 0 aliphatic rings. The minimum absolute atomic E-state index is 0.400. The summed E-state index contributed by atoms with van der Waals surface area (Å²) in [5.74, 6) is 0.741. The second kappa shape index (κ2) is 9.76. The van der Waals surface area contributed by atoms with Gasteiger partial charge in [-0.05, 0) is 35.4 Å². The quantitative estimate of drug-likeness (QED) is 0.238. The zero-order valence-corrected chi connectivity index (χ0v) is 18.1. The first-order chi connectivity index (χ1) is 14.7. The number of rotatable bonds is 7. The summed E-state index contributed by atoms with van der Waals surface area (Å²) in [4.78, 5) is 4.55. The van der Waals surface area contributed by atoms with Gasteiger partial charge in [-0.25, -0.2) is 4.98 Å². The molecule has 0 atom stereocenters. The molecule has 0 saturated heterocycles. The summed E-state index contributed by atoms with van der Waals surface area (Å²) in [5.41, 5.74) is 6.85. The first-order valence-electron chi connectivity index (χ1n) is 9.14. The van der Waals surface area contributed by atoms with Crippen LogP contribution in [0.4, 0.5) is 5.13 Å². The van der Waals surface area contributed by atoms with E-state index in [1.165, 1.54) is 11.3 Å². The number of hydrazone groups is 1. The van der Waals surface area contributed by atoms with Gasteiger partial charge in [0.25, 0.3) is 0 Å². The van der Waals surface area contributed by atoms with Gasteiger partial charge in [-0.2, -0.15) is 5.10 Å². The third-order valence-electron chi connectivity index (χ3n) is 4.20. The summed E-state index contributed by atoms with van der Waals surface area (Å²) in [6.07, 6.45) is 1.73. The van der Waals surface area contributed by atoms with Crippen LogP contribution in [0.1, 0.15) is 11.1 Å². The molecule has 0 bridgehead atoms. The Bertz CT molecular complexity index is 1160. The van der Waals surface area contributed by atoms with Crippen molar-refractivity contribution in [1.29, 1.82) is 0 Å². The number of hydrogen-bond acceptors (Lipinski definition) is 5. The summed E-state index contributed by atoms with van der Waals surface area (Å²) in [7, 11) is 0. The molecule has 0 aliphatic carbocycles. The molecule has 0 saturated carbocycles. The van der Waals surface area contributed by atoms with Crippen LogP contribution in [0.2, 0.25) is 10.0 Å². The van der Waals surface area contributed by atoms with Gasteiger partial charge in [0, 0.05) is 10.9 Å². The number of aromatic nitrogens is 1. The molecule has 4 aromatic rings. The number of halogens is 2. The lowest BCUT2D eigenvalue weighted by molar-refractivity contribution is 0.306. The highest BCUT2D eigenvalue weighted by Gasteiger charge is 2.03. The largest absolute Gasteiger partial charge is 0.489 e. The predicted octanol–water partition coefficient (Wildman–Crippen LogP) is 7.14. The fourth-order valence-electron chi connectivity index (χ4n) is 2.71. The van der Waals surface area contributed by atoms with Crippen LogP contribution in [0.3, 0.4) is 0 Å². The maximum atomic E-state index is 6.05. The molecule has 0 aliphatic heterocycles. The summed E-state index contributed by atoms with van der Waals surface area (Å²) in [6.45, 7) is 0.400. The molecule has 3 aromatic carbocycles. The van der Waals surface area contributed by atoms with Crippen LogP contribution in [0, 0.1) is 0 Å². The Morgan fingerprint density at radius 1 is 0.967 bits per heavy atom. The number of nitrogens with one attached hydrogen (secondary N) is 1. The summed E-state index contributed by atoms with van der Waals surface area (Å²) >= 11 is 13.5. The van der Waals surface area contributed by atoms with Crippen molar-refractivity contribution in [3.05, 3.63) is 99.3 Å². The van der Waals surface area contributed by atoms with Crippen LogP contribution in [0.15, 0.2) is 83.3 Å². The molecule has 1 aromatic heterocycles. The third kappa shape index (κ3) is 5.39. The number of thiazole rings is 1. The van der Waals surface area contributed by atoms with E-state index in [2.05, 4.69) is 15.5 Å². The summed E-state index contributed by atoms with van der Waals surface area (Å²) < 4.78 is 5.85. The molecule has 4 rings (SSSR count). The van der Waals surface area contributed by atoms with E-state index in [1.807, 2.05) is 66.0 Å². The van der Waals surface area contributed by atoms with E-state index in [0.29, 0.717) is 16.7 Å². The normalized spacial score (nSPS) is 11.0. The van der Waals surface area contributed by atoms with Gasteiger partial charge in [-0.3, -0.25) is 5.43 Å². The molecule has 4 nitrogen and oxygen atoms in total. The van der Waals surface area contributed by atoms with Gasteiger partial charge in [-0.1, -0.05) is 71.7 Å². The SMILES string of the molecule is Clc1ccc(COc2cccc(/C=N\Nc3nc(-c4ccccc4)cs3)c2)cc1Cl. The Balaban J connectivity index is 1.35. The smallest absolute Gasteiger partial charge is 0.203 e. The molecule has 0 spiro atoms. The first kappa shape index (κ1) is 20.4. The fourth-order valence-corrected chi connectivity index (χ4v) is 3.70. The van der Waals surface area contributed by atoms with E-state index in [-0.39, 0.29) is 0 Å². The van der Waals surface area contributed by atoms with Crippen molar-refractivity contribution in [3.63, 3.8) is 0 Å². The highest BCUT2D eigenvalue weighted by atomic mass is 35.5. The average molecular weight is 454 g/mol. The van der Waals surface area contributed by atoms with E-state index >= 15 is 0 Å². The summed E-state index contributed by atoms with van der Waals surface area (Å²) in [6, 6.07) is 23.2. The fraction of sp³-hybridized carbons (Fsp3) is 0.0435. The molecule has 150 valence electrons. The highest BCUT2D eigenvalue weighted by molar-refractivity contribution is 7.14. The lowest BCUT2D eigenvalue weighted by atomic mass is 10.2. The Morgan fingerprint density at radius 2 is 1.83 bits per heavy atom. The highest BCUT2D eigenvalue weighted by Crippen LogP contribution is 2.25. The van der Waals surface area contributed by atoms with Crippen molar-refractivity contribution in [2.75, 3.05) is 5.43 Å².